The monoisotopic (exact) mass is 344 g/mol. The summed E-state index contributed by atoms with van der Waals surface area (Å²) < 4.78 is 11.8. The van der Waals surface area contributed by atoms with Crippen LogP contribution in [0.3, 0.4) is 0 Å². The Morgan fingerprint density at radius 2 is 1.08 bits per heavy atom. The number of hydrogen-bond donors (Lipinski definition) is 0. The van der Waals surface area contributed by atoms with E-state index < -0.39 is 5.60 Å². The molecule has 0 saturated heterocycles. The quantitative estimate of drug-likeness (QED) is 0.413. The lowest BCUT2D eigenvalue weighted by molar-refractivity contribution is 0.0231. The molecule has 0 heterocycles. The minimum Gasteiger partial charge on any atom is -0.380 e. The first kappa shape index (κ1) is 18.1. The molecule has 26 heavy (non-hydrogen) atoms. The standard InChI is InChI=1S/C24H24O2/c1-20(18-25-2)19-26-24(21-12-6-3-7-13-21,22-14-8-4-9-15-22)23-16-10-5-11-17-23/h3-17H,1,18-19H2,2H3. The highest BCUT2D eigenvalue weighted by atomic mass is 16.5. The zero-order valence-electron chi connectivity index (χ0n) is 15.1. The summed E-state index contributed by atoms with van der Waals surface area (Å²) in [5.74, 6) is 0. The van der Waals surface area contributed by atoms with Crippen molar-refractivity contribution in [1.82, 2.24) is 0 Å². The largest absolute Gasteiger partial charge is 0.380 e. The van der Waals surface area contributed by atoms with Crippen LogP contribution < -0.4 is 0 Å². The highest BCUT2D eigenvalue weighted by Crippen LogP contribution is 2.40. The van der Waals surface area contributed by atoms with E-state index in [1.165, 1.54) is 0 Å². The summed E-state index contributed by atoms with van der Waals surface area (Å²) in [7, 11) is 1.67. The van der Waals surface area contributed by atoms with E-state index in [4.69, 9.17) is 9.47 Å². The van der Waals surface area contributed by atoms with E-state index >= 15 is 0 Å². The van der Waals surface area contributed by atoms with Gasteiger partial charge in [-0.05, 0) is 22.3 Å². The van der Waals surface area contributed by atoms with Gasteiger partial charge in [0.25, 0.3) is 0 Å². The maximum Gasteiger partial charge on any atom is 0.144 e. The maximum absolute atomic E-state index is 6.62. The third kappa shape index (κ3) is 3.77. The molecule has 2 nitrogen and oxygen atoms in total. The number of methoxy groups -OCH3 is 1. The molecule has 2 heteroatoms. The van der Waals surface area contributed by atoms with Gasteiger partial charge in [-0.1, -0.05) is 97.6 Å². The highest BCUT2D eigenvalue weighted by Gasteiger charge is 2.37. The van der Waals surface area contributed by atoms with Gasteiger partial charge in [-0.2, -0.15) is 0 Å². The molecule has 0 saturated carbocycles. The first-order valence-electron chi connectivity index (χ1n) is 8.73. The van der Waals surface area contributed by atoms with Gasteiger partial charge < -0.3 is 9.47 Å². The van der Waals surface area contributed by atoms with Gasteiger partial charge in [0, 0.05) is 7.11 Å². The van der Waals surface area contributed by atoms with Crippen molar-refractivity contribution < 1.29 is 9.47 Å². The third-order valence-electron chi connectivity index (χ3n) is 4.38. The Kier molecular flexibility index (Phi) is 6.00. The second kappa shape index (κ2) is 8.61. The zero-order chi connectivity index (χ0) is 18.2. The first-order chi connectivity index (χ1) is 12.8. The van der Waals surface area contributed by atoms with Crippen LogP contribution >= 0.6 is 0 Å². The summed E-state index contributed by atoms with van der Waals surface area (Å²) in [6.07, 6.45) is 0. The van der Waals surface area contributed by atoms with Crippen LogP contribution in [0.25, 0.3) is 0 Å². The van der Waals surface area contributed by atoms with Crippen LogP contribution in [0.1, 0.15) is 16.7 Å². The fourth-order valence-corrected chi connectivity index (χ4v) is 3.22. The van der Waals surface area contributed by atoms with Gasteiger partial charge in [0.2, 0.25) is 0 Å². The molecule has 0 N–H and O–H groups in total. The molecule has 0 unspecified atom stereocenters. The van der Waals surface area contributed by atoms with Crippen LogP contribution in [-0.2, 0) is 15.1 Å². The van der Waals surface area contributed by atoms with Gasteiger partial charge in [-0.25, -0.2) is 0 Å². The van der Waals surface area contributed by atoms with Gasteiger partial charge in [-0.15, -0.1) is 0 Å². The summed E-state index contributed by atoms with van der Waals surface area (Å²) in [5, 5.41) is 0. The second-order valence-corrected chi connectivity index (χ2v) is 6.25. The average Bonchev–Trinajstić information content (AvgIpc) is 2.71. The van der Waals surface area contributed by atoms with Crippen molar-refractivity contribution in [2.75, 3.05) is 20.3 Å². The lowest BCUT2D eigenvalue weighted by Gasteiger charge is -2.36. The fourth-order valence-electron chi connectivity index (χ4n) is 3.22. The lowest BCUT2D eigenvalue weighted by Crippen LogP contribution is -2.33. The molecule has 132 valence electrons. The summed E-state index contributed by atoms with van der Waals surface area (Å²) in [5.41, 5.74) is 3.45. The molecular formula is C24H24O2. The first-order valence-corrected chi connectivity index (χ1v) is 8.73. The predicted octanol–water partition coefficient (Wildman–Crippen LogP) is 5.20. The molecule has 0 spiro atoms. The van der Waals surface area contributed by atoms with Crippen molar-refractivity contribution in [3.63, 3.8) is 0 Å². The van der Waals surface area contributed by atoms with Crippen LogP contribution in [-0.4, -0.2) is 20.3 Å². The average molecular weight is 344 g/mol. The summed E-state index contributed by atoms with van der Waals surface area (Å²) in [6.45, 7) is 4.97. The molecule has 3 aromatic rings. The van der Waals surface area contributed by atoms with Crippen molar-refractivity contribution in [1.29, 1.82) is 0 Å². The van der Waals surface area contributed by atoms with E-state index in [2.05, 4.69) is 43.0 Å². The highest BCUT2D eigenvalue weighted by molar-refractivity contribution is 5.47. The fraction of sp³-hybridized carbons (Fsp3) is 0.167. The Hall–Kier alpha value is -2.68. The number of rotatable bonds is 8. The molecule has 0 amide bonds. The smallest absolute Gasteiger partial charge is 0.144 e. The number of hydrogen-bond acceptors (Lipinski definition) is 2. The van der Waals surface area contributed by atoms with Gasteiger partial charge >= 0.3 is 0 Å². The van der Waals surface area contributed by atoms with Crippen molar-refractivity contribution >= 4 is 0 Å². The number of ether oxygens (including phenoxy) is 2. The third-order valence-corrected chi connectivity index (χ3v) is 4.38. The van der Waals surface area contributed by atoms with Crippen LogP contribution in [0.4, 0.5) is 0 Å². The van der Waals surface area contributed by atoms with Gasteiger partial charge in [0.15, 0.2) is 0 Å². The molecule has 0 aliphatic heterocycles. The Morgan fingerprint density at radius 3 is 1.42 bits per heavy atom. The van der Waals surface area contributed by atoms with Gasteiger partial charge in [0.1, 0.15) is 5.60 Å². The summed E-state index contributed by atoms with van der Waals surface area (Å²) >= 11 is 0. The Bertz CT molecular complexity index is 714. The minimum absolute atomic E-state index is 0.409. The normalized spacial score (nSPS) is 11.3. The van der Waals surface area contributed by atoms with E-state index in [0.717, 1.165) is 22.3 Å². The Labute approximate surface area is 155 Å². The summed E-state index contributed by atoms with van der Waals surface area (Å²) in [6, 6.07) is 31.0. The van der Waals surface area contributed by atoms with E-state index in [-0.39, 0.29) is 0 Å². The number of benzene rings is 3. The predicted molar refractivity (Wildman–Crippen MR) is 106 cm³/mol. The molecule has 3 rings (SSSR count). The van der Waals surface area contributed by atoms with Crippen molar-refractivity contribution in [2.45, 2.75) is 5.60 Å². The molecule has 3 aromatic carbocycles. The molecule has 0 radical (unpaired) electrons. The van der Waals surface area contributed by atoms with Gasteiger partial charge in [0.05, 0.1) is 13.2 Å². The molecule has 0 aromatic heterocycles. The SMILES string of the molecule is C=C(COC)COC(c1ccccc1)(c1ccccc1)c1ccccc1. The minimum atomic E-state index is -0.708. The van der Waals surface area contributed by atoms with Crippen molar-refractivity contribution in [3.05, 3.63) is 120 Å². The van der Waals surface area contributed by atoms with Crippen molar-refractivity contribution in [2.24, 2.45) is 0 Å². The van der Waals surface area contributed by atoms with E-state index in [1.54, 1.807) is 7.11 Å². The second-order valence-electron chi connectivity index (χ2n) is 6.25. The Balaban J connectivity index is 2.16. The molecular weight excluding hydrogens is 320 g/mol. The van der Waals surface area contributed by atoms with Gasteiger partial charge in [-0.3, -0.25) is 0 Å². The molecule has 0 aliphatic carbocycles. The molecule has 0 aliphatic rings. The molecule has 0 bridgehead atoms. The van der Waals surface area contributed by atoms with Crippen LogP contribution in [0, 0.1) is 0 Å². The zero-order valence-corrected chi connectivity index (χ0v) is 15.1. The van der Waals surface area contributed by atoms with E-state index in [1.807, 2.05) is 54.6 Å². The molecule has 0 fully saturated rings. The summed E-state index contributed by atoms with van der Waals surface area (Å²) in [4.78, 5) is 0. The van der Waals surface area contributed by atoms with E-state index in [9.17, 15) is 0 Å². The molecule has 0 atom stereocenters. The lowest BCUT2D eigenvalue weighted by atomic mass is 9.80. The van der Waals surface area contributed by atoms with Crippen LogP contribution in [0.15, 0.2) is 103 Å². The van der Waals surface area contributed by atoms with E-state index in [0.29, 0.717) is 13.2 Å². The van der Waals surface area contributed by atoms with Crippen molar-refractivity contribution in [3.8, 4) is 0 Å². The van der Waals surface area contributed by atoms with Crippen LogP contribution in [0.2, 0.25) is 0 Å². The topological polar surface area (TPSA) is 18.5 Å². The van der Waals surface area contributed by atoms with Crippen LogP contribution in [0.5, 0.6) is 0 Å². The Morgan fingerprint density at radius 1 is 0.692 bits per heavy atom. The maximum atomic E-state index is 6.62.